The normalized spacial score (nSPS) is 19.5. The summed E-state index contributed by atoms with van der Waals surface area (Å²) in [6.45, 7) is 4.20. The fourth-order valence-corrected chi connectivity index (χ4v) is 4.71. The highest BCUT2D eigenvalue weighted by atomic mass is 32.1. The maximum absolute atomic E-state index is 13.5. The zero-order valence-corrected chi connectivity index (χ0v) is 17.6. The van der Waals surface area contributed by atoms with E-state index in [1.807, 2.05) is 59.9 Å². The standard InChI is InChI=1S/C22H23N5O2S/c1-15-7-2-4-10-18(15)26-20(29)17-9-3-5-11-19(17)27-21(26)23-25(22(27)30)14-24-12-6-8-16(28)13-24/h2-5,7,9-11,16,28H,6,8,12-14H2,1H3/p+1/t16-/m0/s1. The van der Waals surface area contributed by atoms with Crippen molar-refractivity contribution in [3.63, 3.8) is 0 Å². The van der Waals surface area contributed by atoms with E-state index < -0.39 is 0 Å². The molecule has 1 unspecified atom stereocenters. The highest BCUT2D eigenvalue weighted by Crippen LogP contribution is 2.19. The second kappa shape index (κ2) is 7.46. The molecule has 1 saturated heterocycles. The van der Waals surface area contributed by atoms with Gasteiger partial charge in [-0.25, -0.2) is 4.57 Å². The Hall–Kier alpha value is -2.81. The fourth-order valence-electron chi connectivity index (χ4n) is 4.43. The number of nitrogens with zero attached hydrogens (tertiary/aromatic N) is 4. The summed E-state index contributed by atoms with van der Waals surface area (Å²) < 4.78 is 5.89. The van der Waals surface area contributed by atoms with Crippen LogP contribution < -0.4 is 10.5 Å². The van der Waals surface area contributed by atoms with Gasteiger partial charge in [-0.2, -0.15) is 4.68 Å². The number of aromatic nitrogens is 4. The van der Waals surface area contributed by atoms with Crippen LogP contribution >= 0.6 is 12.2 Å². The van der Waals surface area contributed by atoms with Crippen LogP contribution in [0.3, 0.4) is 0 Å². The molecule has 0 amide bonds. The van der Waals surface area contributed by atoms with E-state index in [-0.39, 0.29) is 11.7 Å². The molecule has 7 nitrogen and oxygen atoms in total. The summed E-state index contributed by atoms with van der Waals surface area (Å²) in [6.07, 6.45) is 1.54. The third-order valence-electron chi connectivity index (χ3n) is 5.92. The van der Waals surface area contributed by atoms with Gasteiger partial charge >= 0.3 is 0 Å². The van der Waals surface area contributed by atoms with Crippen LogP contribution in [0.15, 0.2) is 53.3 Å². The number of aryl methyl sites for hydroxylation is 1. The van der Waals surface area contributed by atoms with E-state index in [0.717, 1.165) is 36.2 Å². The first kappa shape index (κ1) is 19.2. The fraction of sp³-hybridized carbons (Fsp3) is 0.318. The molecular formula is C22H24N5O2S+. The van der Waals surface area contributed by atoms with Crippen LogP contribution in [0.2, 0.25) is 0 Å². The molecule has 154 valence electrons. The first-order valence-corrected chi connectivity index (χ1v) is 10.7. The minimum atomic E-state index is -0.286. The molecule has 4 aromatic rings. The lowest BCUT2D eigenvalue weighted by atomic mass is 10.1. The van der Waals surface area contributed by atoms with Gasteiger partial charge in [-0.1, -0.05) is 30.3 Å². The highest BCUT2D eigenvalue weighted by Gasteiger charge is 2.23. The van der Waals surface area contributed by atoms with Gasteiger partial charge in [0.05, 0.1) is 23.1 Å². The van der Waals surface area contributed by atoms with Gasteiger partial charge in [-0.3, -0.25) is 9.20 Å². The first-order valence-electron chi connectivity index (χ1n) is 10.3. The lowest BCUT2D eigenvalue weighted by molar-refractivity contribution is -0.931. The highest BCUT2D eigenvalue weighted by molar-refractivity contribution is 7.71. The average molecular weight is 423 g/mol. The molecule has 0 saturated carbocycles. The lowest BCUT2D eigenvalue weighted by Gasteiger charge is -2.26. The number of benzene rings is 2. The zero-order chi connectivity index (χ0) is 20.8. The van der Waals surface area contributed by atoms with Crippen LogP contribution in [0.1, 0.15) is 18.4 Å². The van der Waals surface area contributed by atoms with E-state index in [1.165, 1.54) is 4.90 Å². The van der Waals surface area contributed by atoms with Crippen LogP contribution in [0.4, 0.5) is 0 Å². The molecule has 5 rings (SSSR count). The predicted molar refractivity (Wildman–Crippen MR) is 118 cm³/mol. The van der Waals surface area contributed by atoms with Crippen molar-refractivity contribution < 1.29 is 10.0 Å². The van der Waals surface area contributed by atoms with Crippen LogP contribution in [-0.4, -0.2) is 43.0 Å². The summed E-state index contributed by atoms with van der Waals surface area (Å²) in [7, 11) is 0. The summed E-state index contributed by atoms with van der Waals surface area (Å²) in [5, 5.41) is 15.4. The van der Waals surface area contributed by atoms with Gasteiger partial charge in [-0.05, 0) is 55.7 Å². The Morgan fingerprint density at radius 3 is 2.77 bits per heavy atom. The Labute approximate surface area is 178 Å². The molecule has 3 heterocycles. The van der Waals surface area contributed by atoms with Gasteiger partial charge in [0.25, 0.3) is 5.56 Å². The third kappa shape index (κ3) is 3.08. The molecule has 2 aromatic carbocycles. The van der Waals surface area contributed by atoms with Gasteiger partial charge in [0.2, 0.25) is 10.5 Å². The molecule has 2 aromatic heterocycles. The number of rotatable bonds is 3. The Kier molecular flexibility index (Phi) is 4.77. The molecule has 2 atom stereocenters. The SMILES string of the molecule is Cc1ccccc1-n1c(=O)c2ccccc2n2c(=S)n(C[NH+]3CCC[C@H](O)C3)nc12. The van der Waals surface area contributed by atoms with E-state index >= 15 is 0 Å². The van der Waals surface area contributed by atoms with Gasteiger partial charge in [-0.15, -0.1) is 5.10 Å². The van der Waals surface area contributed by atoms with E-state index in [9.17, 15) is 9.90 Å². The van der Waals surface area contributed by atoms with Crippen LogP contribution in [0.5, 0.6) is 0 Å². The van der Waals surface area contributed by atoms with Crippen molar-refractivity contribution in [3.05, 3.63) is 69.2 Å². The topological polar surface area (TPSA) is 68.9 Å². The van der Waals surface area contributed by atoms with Crippen molar-refractivity contribution in [2.75, 3.05) is 13.1 Å². The Bertz CT molecular complexity index is 1370. The number of quaternary nitrogens is 1. The maximum atomic E-state index is 13.5. The molecule has 0 radical (unpaired) electrons. The van der Waals surface area contributed by atoms with E-state index in [0.29, 0.717) is 29.1 Å². The average Bonchev–Trinajstić information content (AvgIpc) is 3.05. The number of piperidine rings is 1. The molecule has 0 spiro atoms. The number of hydrogen-bond acceptors (Lipinski definition) is 4. The van der Waals surface area contributed by atoms with Crippen LogP contribution in [0.25, 0.3) is 22.4 Å². The molecular weight excluding hydrogens is 398 g/mol. The Morgan fingerprint density at radius 2 is 1.97 bits per heavy atom. The van der Waals surface area contributed by atoms with Gasteiger partial charge < -0.3 is 10.0 Å². The van der Waals surface area contributed by atoms with Crippen LogP contribution in [-0.2, 0) is 6.67 Å². The van der Waals surface area contributed by atoms with Crippen LogP contribution in [0, 0.1) is 11.7 Å². The van der Waals surface area contributed by atoms with Crippen molar-refractivity contribution in [1.29, 1.82) is 0 Å². The summed E-state index contributed by atoms with van der Waals surface area (Å²) in [5.41, 5.74) is 2.43. The monoisotopic (exact) mass is 422 g/mol. The second-order valence-electron chi connectivity index (χ2n) is 8.02. The van der Waals surface area contributed by atoms with E-state index in [1.54, 1.807) is 9.25 Å². The number of para-hydroxylation sites is 2. The van der Waals surface area contributed by atoms with Crippen molar-refractivity contribution in [3.8, 4) is 5.69 Å². The summed E-state index contributed by atoms with van der Waals surface area (Å²) >= 11 is 5.81. The van der Waals surface area contributed by atoms with Gasteiger partial charge in [0, 0.05) is 0 Å². The quantitative estimate of drug-likeness (QED) is 0.491. The predicted octanol–water partition coefficient (Wildman–Crippen LogP) is 1.47. The number of fused-ring (bicyclic) bond motifs is 3. The molecule has 0 bridgehead atoms. The molecule has 1 aliphatic heterocycles. The molecule has 2 N–H and O–H groups in total. The maximum Gasteiger partial charge on any atom is 0.267 e. The molecule has 1 aliphatic rings. The van der Waals surface area contributed by atoms with Crippen molar-refractivity contribution in [1.82, 2.24) is 18.7 Å². The van der Waals surface area contributed by atoms with E-state index in [4.69, 9.17) is 17.3 Å². The summed E-state index contributed by atoms with van der Waals surface area (Å²) in [6, 6.07) is 15.3. The molecule has 1 fully saturated rings. The zero-order valence-electron chi connectivity index (χ0n) is 16.8. The summed E-state index contributed by atoms with van der Waals surface area (Å²) in [4.78, 5) is 14.7. The van der Waals surface area contributed by atoms with Crippen molar-refractivity contribution in [2.24, 2.45) is 0 Å². The minimum Gasteiger partial charge on any atom is -0.387 e. The largest absolute Gasteiger partial charge is 0.387 e. The number of aliphatic hydroxyl groups is 1. The minimum absolute atomic E-state index is 0.111. The summed E-state index contributed by atoms with van der Waals surface area (Å²) in [5.74, 6) is 0.509. The van der Waals surface area contributed by atoms with Gasteiger partial charge in [0.15, 0.2) is 6.67 Å². The molecule has 30 heavy (non-hydrogen) atoms. The number of aliphatic hydroxyl groups excluding tert-OH is 1. The van der Waals surface area contributed by atoms with E-state index in [2.05, 4.69) is 0 Å². The number of nitrogens with one attached hydrogen (secondary N) is 1. The smallest absolute Gasteiger partial charge is 0.267 e. The molecule has 0 aliphatic carbocycles. The number of likely N-dealkylation sites (tertiary alicyclic amines) is 1. The van der Waals surface area contributed by atoms with Gasteiger partial charge in [0.1, 0.15) is 12.6 Å². The third-order valence-corrected chi connectivity index (χ3v) is 6.32. The lowest BCUT2D eigenvalue weighted by Crippen LogP contribution is -3.13. The van der Waals surface area contributed by atoms with Crippen molar-refractivity contribution in [2.45, 2.75) is 32.5 Å². The Balaban J connectivity index is 1.79. The molecule has 8 heteroatoms. The first-order chi connectivity index (χ1) is 14.5. The second-order valence-corrected chi connectivity index (χ2v) is 8.39. The number of hydrogen-bond donors (Lipinski definition) is 2. The van der Waals surface area contributed by atoms with Crippen molar-refractivity contribution >= 4 is 28.9 Å². The Morgan fingerprint density at radius 1 is 1.20 bits per heavy atom.